The number of pyridine rings is 1. The number of aromatic nitrogens is 1. The van der Waals surface area contributed by atoms with Crippen LogP contribution in [0.2, 0.25) is 0 Å². The molecule has 0 unspecified atom stereocenters. The first-order valence-electron chi connectivity index (χ1n) is 8.80. The average Bonchev–Trinajstić information content (AvgIpc) is 2.67. The van der Waals surface area contributed by atoms with Crippen LogP contribution in [0, 0.1) is 20.8 Å². The van der Waals surface area contributed by atoms with Crippen LogP contribution in [0.25, 0.3) is 11.0 Å². The Morgan fingerprint density at radius 2 is 1.93 bits per heavy atom. The van der Waals surface area contributed by atoms with E-state index in [1.807, 2.05) is 38.1 Å². The molecule has 0 aliphatic carbocycles. The standard InChI is InChI=1S/C21H22N2O4/c1-13-14(2)21(25)27-20-15(3)18(8-7-17(13)20)26-12-19(24)23-11-9-16-6-4-5-10-22-16/h4-8,10H,9,11-12H2,1-3H3,(H,23,24). The van der Waals surface area contributed by atoms with Crippen molar-refractivity contribution in [1.29, 1.82) is 0 Å². The van der Waals surface area contributed by atoms with Crippen molar-refractivity contribution in [3.63, 3.8) is 0 Å². The molecule has 0 fully saturated rings. The van der Waals surface area contributed by atoms with Gasteiger partial charge in [-0.05, 0) is 50.6 Å². The number of hydrogen-bond acceptors (Lipinski definition) is 5. The summed E-state index contributed by atoms with van der Waals surface area (Å²) in [6, 6.07) is 9.33. The van der Waals surface area contributed by atoms with Crippen molar-refractivity contribution in [2.45, 2.75) is 27.2 Å². The molecule has 140 valence electrons. The van der Waals surface area contributed by atoms with E-state index in [1.165, 1.54) is 0 Å². The largest absolute Gasteiger partial charge is 0.483 e. The number of benzene rings is 1. The van der Waals surface area contributed by atoms with Crippen LogP contribution in [0.1, 0.15) is 22.4 Å². The van der Waals surface area contributed by atoms with Crippen LogP contribution in [-0.4, -0.2) is 24.0 Å². The summed E-state index contributed by atoms with van der Waals surface area (Å²) in [5.74, 6) is 0.306. The van der Waals surface area contributed by atoms with Gasteiger partial charge in [-0.1, -0.05) is 6.07 Å². The smallest absolute Gasteiger partial charge is 0.339 e. The zero-order valence-electron chi connectivity index (χ0n) is 15.7. The molecule has 27 heavy (non-hydrogen) atoms. The van der Waals surface area contributed by atoms with Crippen LogP contribution < -0.4 is 15.7 Å². The molecule has 2 heterocycles. The lowest BCUT2D eigenvalue weighted by molar-refractivity contribution is -0.123. The van der Waals surface area contributed by atoms with Crippen LogP contribution in [0.4, 0.5) is 0 Å². The molecule has 2 aromatic heterocycles. The molecule has 0 bridgehead atoms. The molecular formula is C21H22N2O4. The number of ether oxygens (including phenoxy) is 1. The van der Waals surface area contributed by atoms with Crippen LogP contribution >= 0.6 is 0 Å². The Labute approximate surface area is 157 Å². The van der Waals surface area contributed by atoms with Crippen molar-refractivity contribution in [2.24, 2.45) is 0 Å². The van der Waals surface area contributed by atoms with Crippen LogP contribution in [-0.2, 0) is 11.2 Å². The van der Waals surface area contributed by atoms with Crippen molar-refractivity contribution in [2.75, 3.05) is 13.2 Å². The number of hydrogen-bond donors (Lipinski definition) is 1. The minimum atomic E-state index is -0.354. The lowest BCUT2D eigenvalue weighted by atomic mass is 10.0. The summed E-state index contributed by atoms with van der Waals surface area (Å²) in [6.45, 7) is 5.83. The molecule has 3 rings (SSSR count). The summed E-state index contributed by atoms with van der Waals surface area (Å²) in [7, 11) is 0. The van der Waals surface area contributed by atoms with E-state index in [-0.39, 0.29) is 18.1 Å². The highest BCUT2D eigenvalue weighted by Gasteiger charge is 2.13. The third kappa shape index (κ3) is 4.16. The third-order valence-corrected chi connectivity index (χ3v) is 4.61. The van der Waals surface area contributed by atoms with Gasteiger partial charge in [-0.15, -0.1) is 0 Å². The summed E-state index contributed by atoms with van der Waals surface area (Å²) in [5, 5.41) is 3.68. The molecule has 6 nitrogen and oxygen atoms in total. The average molecular weight is 366 g/mol. The fourth-order valence-electron chi connectivity index (χ4n) is 2.85. The van der Waals surface area contributed by atoms with Gasteiger partial charge in [0.2, 0.25) is 0 Å². The first-order valence-corrected chi connectivity index (χ1v) is 8.80. The number of aryl methyl sites for hydroxylation is 2. The highest BCUT2D eigenvalue weighted by molar-refractivity contribution is 5.85. The van der Waals surface area contributed by atoms with Gasteiger partial charge < -0.3 is 14.5 Å². The lowest BCUT2D eigenvalue weighted by Crippen LogP contribution is -2.30. The van der Waals surface area contributed by atoms with Crippen molar-refractivity contribution in [3.8, 4) is 5.75 Å². The Balaban J connectivity index is 1.63. The third-order valence-electron chi connectivity index (χ3n) is 4.61. The van der Waals surface area contributed by atoms with Gasteiger partial charge >= 0.3 is 5.63 Å². The van der Waals surface area contributed by atoms with E-state index in [4.69, 9.17) is 9.15 Å². The van der Waals surface area contributed by atoms with Crippen molar-refractivity contribution in [3.05, 3.63) is 69.3 Å². The molecule has 0 saturated carbocycles. The lowest BCUT2D eigenvalue weighted by Gasteiger charge is -2.12. The predicted octanol–water partition coefficient (Wildman–Crippen LogP) is 2.85. The van der Waals surface area contributed by atoms with Gasteiger partial charge in [0.25, 0.3) is 5.91 Å². The van der Waals surface area contributed by atoms with E-state index in [0.29, 0.717) is 35.4 Å². The number of fused-ring (bicyclic) bond motifs is 1. The van der Waals surface area contributed by atoms with E-state index in [9.17, 15) is 9.59 Å². The maximum absolute atomic E-state index is 12.0. The second-order valence-electron chi connectivity index (χ2n) is 6.41. The van der Waals surface area contributed by atoms with Crippen molar-refractivity contribution >= 4 is 16.9 Å². The maximum atomic E-state index is 12.0. The SMILES string of the molecule is Cc1c(C)c2ccc(OCC(=O)NCCc3ccccn3)c(C)c2oc1=O. The molecule has 0 spiro atoms. The topological polar surface area (TPSA) is 81.4 Å². The Morgan fingerprint density at radius 1 is 1.11 bits per heavy atom. The van der Waals surface area contributed by atoms with Crippen LogP contribution in [0.3, 0.4) is 0 Å². The van der Waals surface area contributed by atoms with Gasteiger partial charge in [0.1, 0.15) is 11.3 Å². The zero-order chi connectivity index (χ0) is 19.4. The van der Waals surface area contributed by atoms with Gasteiger partial charge in [-0.25, -0.2) is 4.79 Å². The molecule has 0 aliphatic heterocycles. The maximum Gasteiger partial charge on any atom is 0.339 e. The Morgan fingerprint density at radius 3 is 2.67 bits per heavy atom. The Kier molecular flexibility index (Phi) is 5.54. The van der Waals surface area contributed by atoms with E-state index in [1.54, 1.807) is 19.2 Å². The van der Waals surface area contributed by atoms with Gasteiger partial charge in [-0.2, -0.15) is 0 Å². The summed E-state index contributed by atoms with van der Waals surface area (Å²) in [6.07, 6.45) is 2.38. The Bertz CT molecular complexity index is 1030. The summed E-state index contributed by atoms with van der Waals surface area (Å²) in [4.78, 5) is 28.2. The van der Waals surface area contributed by atoms with Gasteiger partial charge in [0.15, 0.2) is 6.61 Å². The molecule has 0 radical (unpaired) electrons. The summed E-state index contributed by atoms with van der Waals surface area (Å²) < 4.78 is 11.1. The highest BCUT2D eigenvalue weighted by Crippen LogP contribution is 2.29. The Hall–Kier alpha value is -3.15. The number of nitrogens with one attached hydrogen (secondary N) is 1. The zero-order valence-corrected chi connectivity index (χ0v) is 15.7. The van der Waals surface area contributed by atoms with Crippen LogP contribution in [0.15, 0.2) is 45.7 Å². The minimum absolute atomic E-state index is 0.107. The van der Waals surface area contributed by atoms with E-state index in [2.05, 4.69) is 10.3 Å². The van der Waals surface area contributed by atoms with Gasteiger partial charge in [-0.3, -0.25) is 9.78 Å². The molecule has 1 aromatic carbocycles. The highest BCUT2D eigenvalue weighted by atomic mass is 16.5. The monoisotopic (exact) mass is 366 g/mol. The number of nitrogens with zero attached hydrogens (tertiary/aromatic N) is 1. The minimum Gasteiger partial charge on any atom is -0.483 e. The summed E-state index contributed by atoms with van der Waals surface area (Å²) in [5.41, 5.74) is 3.26. The molecule has 0 saturated heterocycles. The van der Waals surface area contributed by atoms with Crippen molar-refractivity contribution in [1.82, 2.24) is 10.3 Å². The quantitative estimate of drug-likeness (QED) is 0.679. The van der Waals surface area contributed by atoms with Gasteiger partial charge in [0.05, 0.1) is 0 Å². The van der Waals surface area contributed by atoms with E-state index < -0.39 is 0 Å². The second kappa shape index (κ2) is 8.03. The molecule has 0 aliphatic rings. The number of rotatable bonds is 6. The van der Waals surface area contributed by atoms with Gasteiger partial charge in [0, 0.05) is 41.4 Å². The first-order chi connectivity index (χ1) is 13.0. The molecule has 3 aromatic rings. The summed E-state index contributed by atoms with van der Waals surface area (Å²) >= 11 is 0. The number of carbonyl (C=O) groups excluding carboxylic acids is 1. The molecule has 6 heteroatoms. The molecular weight excluding hydrogens is 344 g/mol. The molecule has 1 N–H and O–H groups in total. The number of carbonyl (C=O) groups is 1. The van der Waals surface area contributed by atoms with E-state index in [0.717, 1.165) is 16.6 Å². The number of amides is 1. The molecule has 1 amide bonds. The fraction of sp³-hybridized carbons (Fsp3) is 0.286. The van der Waals surface area contributed by atoms with E-state index >= 15 is 0 Å². The normalized spacial score (nSPS) is 10.8. The molecule has 0 atom stereocenters. The van der Waals surface area contributed by atoms with Crippen LogP contribution in [0.5, 0.6) is 5.75 Å². The fourth-order valence-corrected chi connectivity index (χ4v) is 2.85. The first kappa shape index (κ1) is 18.6. The second-order valence-corrected chi connectivity index (χ2v) is 6.41. The predicted molar refractivity (Wildman–Crippen MR) is 103 cm³/mol. The van der Waals surface area contributed by atoms with Crippen molar-refractivity contribution < 1.29 is 13.9 Å².